The molecule has 2 aliphatic rings. The van der Waals surface area contributed by atoms with E-state index in [1.807, 2.05) is 0 Å². The Bertz CT molecular complexity index is 1590. The maximum atomic E-state index is 13.8. The van der Waals surface area contributed by atoms with E-state index in [2.05, 4.69) is 15.3 Å². The predicted molar refractivity (Wildman–Crippen MR) is 144 cm³/mol. The molecule has 3 N–H and O–H groups in total. The minimum atomic E-state index is -4.34. The van der Waals surface area contributed by atoms with Gasteiger partial charge < -0.3 is 25.4 Å². The van der Waals surface area contributed by atoms with Crippen LogP contribution in [0, 0.1) is 11.6 Å². The van der Waals surface area contributed by atoms with Crippen LogP contribution in [-0.2, 0) is 32.5 Å². The molecule has 0 spiro atoms. The van der Waals surface area contributed by atoms with E-state index in [4.69, 9.17) is 15.2 Å². The molecule has 2 aliphatic heterocycles. The number of nitrogens with one attached hydrogen (secondary N) is 1. The third-order valence-electron chi connectivity index (χ3n) is 6.82. The molecule has 0 saturated carbocycles. The van der Waals surface area contributed by atoms with Crippen LogP contribution >= 0.6 is 0 Å². The van der Waals surface area contributed by atoms with Gasteiger partial charge in [-0.3, -0.25) is 4.79 Å². The lowest BCUT2D eigenvalue weighted by Crippen LogP contribution is -2.37. The van der Waals surface area contributed by atoms with Gasteiger partial charge in [-0.1, -0.05) is 0 Å². The third-order valence-corrected chi connectivity index (χ3v) is 8.65. The number of fused-ring (bicyclic) bond motifs is 1. The smallest absolute Gasteiger partial charge is 0.434 e. The van der Waals surface area contributed by atoms with Crippen molar-refractivity contribution in [3.8, 4) is 0 Å². The minimum Gasteiger partial charge on any atom is -0.448 e. The molecule has 0 atom stereocenters. The predicted octanol–water partition coefficient (Wildman–Crippen LogP) is 2.58. The fourth-order valence-electron chi connectivity index (χ4n) is 4.81. The van der Waals surface area contributed by atoms with Crippen LogP contribution in [0.2, 0.25) is 0 Å². The van der Waals surface area contributed by atoms with E-state index in [0.29, 0.717) is 38.1 Å². The second-order valence-electron chi connectivity index (χ2n) is 9.40. The second-order valence-corrected chi connectivity index (χ2v) is 11.3. The van der Waals surface area contributed by atoms with Crippen LogP contribution in [0.25, 0.3) is 0 Å². The summed E-state index contributed by atoms with van der Waals surface area (Å²) in [6.07, 6.45) is -0.785. The number of halogens is 2. The first-order valence-corrected chi connectivity index (χ1v) is 14.3. The Hall–Kier alpha value is -4.08. The number of sulfonamides is 1. The number of benzene rings is 2. The molecule has 1 saturated heterocycles. The summed E-state index contributed by atoms with van der Waals surface area (Å²) in [4.78, 5) is 27.4. The summed E-state index contributed by atoms with van der Waals surface area (Å²) < 4.78 is 66.6. The molecule has 3 aromatic rings. The number of hydrogen-bond acceptors (Lipinski definition) is 9. The molecule has 1 amide bonds. The average Bonchev–Trinajstić information content (AvgIpc) is 3.30. The molecule has 1 aromatic heterocycles. The summed E-state index contributed by atoms with van der Waals surface area (Å²) in [6, 6.07) is 7.03. The van der Waals surface area contributed by atoms with Crippen molar-refractivity contribution in [3.63, 3.8) is 0 Å². The Labute approximate surface area is 234 Å². The summed E-state index contributed by atoms with van der Waals surface area (Å²) in [7, 11) is -4.34. The van der Waals surface area contributed by atoms with Gasteiger partial charge in [-0.05, 0) is 37.3 Å². The first kappa shape index (κ1) is 28.4. The molecular formula is C26H28F2N6O6S. The van der Waals surface area contributed by atoms with Gasteiger partial charge in [-0.15, -0.1) is 5.10 Å². The normalized spacial score (nSPS) is 15.8. The van der Waals surface area contributed by atoms with Crippen LogP contribution < -0.4 is 16.0 Å². The van der Waals surface area contributed by atoms with Crippen molar-refractivity contribution in [2.24, 2.45) is 0 Å². The highest BCUT2D eigenvalue weighted by Gasteiger charge is 2.35. The molecule has 0 unspecified atom stereocenters. The quantitative estimate of drug-likeness (QED) is 0.413. The van der Waals surface area contributed by atoms with E-state index in [1.165, 1.54) is 0 Å². The largest absolute Gasteiger partial charge is 0.448 e. The van der Waals surface area contributed by atoms with Gasteiger partial charge in [0.05, 0.1) is 36.0 Å². The molecule has 41 heavy (non-hydrogen) atoms. The van der Waals surface area contributed by atoms with Gasteiger partial charge in [-0.2, -0.15) is 8.99 Å². The number of amides is 1. The Kier molecular flexibility index (Phi) is 7.93. The summed E-state index contributed by atoms with van der Waals surface area (Å²) >= 11 is 0. The summed E-state index contributed by atoms with van der Waals surface area (Å²) in [5.41, 5.74) is 7.99. The van der Waals surface area contributed by atoms with Gasteiger partial charge in [0.25, 0.3) is 5.91 Å². The van der Waals surface area contributed by atoms with Crippen LogP contribution in [0.4, 0.5) is 30.8 Å². The van der Waals surface area contributed by atoms with Gasteiger partial charge in [0, 0.05) is 55.6 Å². The van der Waals surface area contributed by atoms with Gasteiger partial charge in [-0.25, -0.2) is 22.0 Å². The van der Waals surface area contributed by atoms with Gasteiger partial charge in [0.1, 0.15) is 11.6 Å². The minimum absolute atomic E-state index is 0.0183. The molecule has 3 heterocycles. The topological polar surface area (TPSA) is 149 Å². The number of hydrogen-bond donors (Lipinski definition) is 2. The number of carbonyl (C=O) groups is 2. The Balaban J connectivity index is 1.45. The second kappa shape index (κ2) is 11.4. The zero-order valence-corrected chi connectivity index (χ0v) is 22.9. The van der Waals surface area contributed by atoms with Gasteiger partial charge in [0.2, 0.25) is 10.0 Å². The summed E-state index contributed by atoms with van der Waals surface area (Å²) in [5.74, 6) is -2.78. The zero-order valence-electron chi connectivity index (χ0n) is 22.1. The van der Waals surface area contributed by atoms with Crippen molar-refractivity contribution >= 4 is 39.2 Å². The number of morpholine rings is 1. The molecule has 5 rings (SSSR count). The van der Waals surface area contributed by atoms with Crippen LogP contribution in [-0.4, -0.2) is 74.0 Å². The van der Waals surface area contributed by atoms with Gasteiger partial charge >= 0.3 is 6.09 Å². The lowest BCUT2D eigenvalue weighted by Gasteiger charge is -2.29. The summed E-state index contributed by atoms with van der Waals surface area (Å²) in [5, 5.41) is 6.86. The number of aromatic nitrogens is 2. The number of nitrogens with two attached hydrogens (primary N) is 1. The zero-order chi connectivity index (χ0) is 29.3. The fourth-order valence-corrected chi connectivity index (χ4v) is 6.26. The van der Waals surface area contributed by atoms with E-state index in [-0.39, 0.29) is 48.7 Å². The van der Waals surface area contributed by atoms with E-state index in [1.54, 1.807) is 25.1 Å². The van der Waals surface area contributed by atoms with Crippen molar-refractivity contribution in [3.05, 3.63) is 64.9 Å². The van der Waals surface area contributed by atoms with Crippen molar-refractivity contribution < 1.29 is 36.3 Å². The summed E-state index contributed by atoms with van der Waals surface area (Å²) in [6.45, 7) is 3.78. The number of nitrogen functional groups attached to an aromatic ring is 1. The van der Waals surface area contributed by atoms with Crippen molar-refractivity contribution in [1.29, 1.82) is 0 Å². The number of carbonyl (C=O) groups excluding carboxylic acids is 2. The fraction of sp³-hybridized carbons (Fsp3) is 0.346. The van der Waals surface area contributed by atoms with Crippen molar-refractivity contribution in [1.82, 2.24) is 14.1 Å². The lowest BCUT2D eigenvalue weighted by atomic mass is 10.1. The maximum Gasteiger partial charge on any atom is 0.434 e. The first-order valence-electron chi connectivity index (χ1n) is 12.9. The van der Waals surface area contributed by atoms with Crippen LogP contribution in [0.15, 0.2) is 41.3 Å². The van der Waals surface area contributed by atoms with E-state index in [0.717, 1.165) is 26.8 Å². The maximum absolute atomic E-state index is 13.8. The monoisotopic (exact) mass is 590 g/mol. The first-order chi connectivity index (χ1) is 19.6. The number of anilines is 3. The molecule has 0 radical (unpaired) electrons. The average molecular weight is 591 g/mol. The van der Waals surface area contributed by atoms with Crippen LogP contribution in [0.5, 0.6) is 0 Å². The molecule has 12 nitrogen and oxygen atoms in total. The SMILES string of the molecule is CCOC(=O)n1nc(NC(=O)c2ccc(N3CCOCC3)cc2N)c2c1CCN(S(=O)(=O)c1cc(F)cc(F)c1)C2. The van der Waals surface area contributed by atoms with Crippen LogP contribution in [0.3, 0.4) is 0 Å². The van der Waals surface area contributed by atoms with Crippen molar-refractivity contribution in [2.75, 3.05) is 55.4 Å². The van der Waals surface area contributed by atoms with E-state index < -0.39 is 38.6 Å². The highest BCUT2D eigenvalue weighted by molar-refractivity contribution is 7.89. The van der Waals surface area contributed by atoms with E-state index in [9.17, 15) is 26.8 Å². The highest BCUT2D eigenvalue weighted by atomic mass is 32.2. The van der Waals surface area contributed by atoms with Crippen LogP contribution in [0.1, 0.15) is 28.5 Å². The van der Waals surface area contributed by atoms with Crippen molar-refractivity contribution in [2.45, 2.75) is 24.8 Å². The molecule has 1 fully saturated rings. The Morgan fingerprint density at radius 2 is 1.80 bits per heavy atom. The molecule has 15 heteroatoms. The number of ether oxygens (including phenoxy) is 2. The van der Waals surface area contributed by atoms with E-state index >= 15 is 0 Å². The molecule has 218 valence electrons. The molecule has 2 aromatic carbocycles. The Morgan fingerprint density at radius 3 is 2.46 bits per heavy atom. The third kappa shape index (κ3) is 5.73. The highest BCUT2D eigenvalue weighted by Crippen LogP contribution is 2.31. The molecular weight excluding hydrogens is 562 g/mol. The number of nitrogens with zero attached hydrogens (tertiary/aromatic N) is 4. The van der Waals surface area contributed by atoms with Gasteiger partial charge in [0.15, 0.2) is 5.82 Å². The lowest BCUT2D eigenvalue weighted by molar-refractivity contribution is 0.102. The Morgan fingerprint density at radius 1 is 1.10 bits per heavy atom. The standard InChI is InChI=1S/C26H28F2N6O6S/c1-2-40-26(36)34-23-5-6-33(41(37,38)19-12-16(27)11-17(28)13-19)15-21(23)24(31-34)30-25(35)20-4-3-18(14-22(20)29)32-7-9-39-10-8-32/h3-4,11-14H,2,5-10,15,29H2,1H3,(H,30,31,35). The molecule has 0 bridgehead atoms. The number of rotatable bonds is 6. The molecule has 0 aliphatic carbocycles.